The number of likely N-dealkylation sites (tertiary alicyclic amines) is 1. The van der Waals surface area contributed by atoms with E-state index in [1.54, 1.807) is 35.6 Å². The van der Waals surface area contributed by atoms with Gasteiger partial charge in [0.05, 0.1) is 17.5 Å². The van der Waals surface area contributed by atoms with E-state index in [0.29, 0.717) is 24.3 Å². The van der Waals surface area contributed by atoms with Gasteiger partial charge in [0.2, 0.25) is 10.0 Å². The lowest BCUT2D eigenvalue weighted by Crippen LogP contribution is -2.34. The van der Waals surface area contributed by atoms with Gasteiger partial charge < -0.3 is 10.2 Å². The zero-order chi connectivity index (χ0) is 18.1. The van der Waals surface area contributed by atoms with Gasteiger partial charge in [0, 0.05) is 18.8 Å². The lowest BCUT2D eigenvalue weighted by atomic mass is 10.1. The van der Waals surface area contributed by atoms with Crippen LogP contribution in [0.5, 0.6) is 0 Å². The van der Waals surface area contributed by atoms with Crippen molar-refractivity contribution in [2.24, 2.45) is 0 Å². The summed E-state index contributed by atoms with van der Waals surface area (Å²) in [5.41, 5.74) is 2.52. The molecule has 1 unspecified atom stereocenters. The molecule has 4 rings (SSSR count). The Morgan fingerprint density at radius 1 is 1.12 bits per heavy atom. The summed E-state index contributed by atoms with van der Waals surface area (Å²) in [5.74, 6) is 0.199. The number of amides is 2. The summed E-state index contributed by atoms with van der Waals surface area (Å²) in [4.78, 5) is 14.6. The number of carbonyl (C=O) groups excluding carboxylic acids is 1. The number of nitrogens with zero attached hydrogens (tertiary/aromatic N) is 2. The van der Waals surface area contributed by atoms with E-state index in [1.165, 1.54) is 9.87 Å². The van der Waals surface area contributed by atoms with E-state index in [-0.39, 0.29) is 17.8 Å². The van der Waals surface area contributed by atoms with Crippen molar-refractivity contribution >= 4 is 38.8 Å². The minimum absolute atomic E-state index is 0.111. The third kappa shape index (κ3) is 3.31. The van der Waals surface area contributed by atoms with Gasteiger partial charge in [-0.1, -0.05) is 0 Å². The summed E-state index contributed by atoms with van der Waals surface area (Å²) < 4.78 is 25.4. The van der Waals surface area contributed by atoms with Crippen LogP contribution >= 0.6 is 11.3 Å². The Bertz CT molecular complexity index is 879. The van der Waals surface area contributed by atoms with Gasteiger partial charge in [0.15, 0.2) is 0 Å². The Hall–Kier alpha value is -2.06. The van der Waals surface area contributed by atoms with Crippen molar-refractivity contribution in [3.63, 3.8) is 0 Å². The van der Waals surface area contributed by atoms with Gasteiger partial charge in [-0.25, -0.2) is 13.2 Å². The van der Waals surface area contributed by atoms with Crippen LogP contribution in [-0.4, -0.2) is 38.2 Å². The number of rotatable bonds is 3. The summed E-state index contributed by atoms with van der Waals surface area (Å²) in [6.45, 7) is 1.26. The molecular weight excluding hydrogens is 370 g/mol. The molecule has 2 aliphatic rings. The number of urea groups is 1. The molecule has 6 nitrogen and oxygen atoms in total. The topological polar surface area (TPSA) is 69.7 Å². The molecule has 2 saturated heterocycles. The fourth-order valence-electron chi connectivity index (χ4n) is 3.66. The van der Waals surface area contributed by atoms with Crippen molar-refractivity contribution in [3.05, 3.63) is 46.7 Å². The summed E-state index contributed by atoms with van der Waals surface area (Å²) >= 11 is 1.65. The maximum Gasteiger partial charge on any atom is 0.322 e. The Balaban J connectivity index is 1.45. The summed E-state index contributed by atoms with van der Waals surface area (Å²) in [6, 6.07) is 9.12. The third-order valence-electron chi connectivity index (χ3n) is 4.95. The molecule has 138 valence electrons. The molecule has 8 heteroatoms. The molecule has 2 amide bonds. The van der Waals surface area contributed by atoms with Crippen LogP contribution in [-0.2, 0) is 10.0 Å². The lowest BCUT2D eigenvalue weighted by molar-refractivity contribution is 0.207. The normalized spacial score (nSPS) is 21.9. The number of anilines is 2. The Morgan fingerprint density at radius 3 is 2.58 bits per heavy atom. The molecule has 3 heterocycles. The molecule has 2 fully saturated rings. The van der Waals surface area contributed by atoms with Crippen molar-refractivity contribution in [3.8, 4) is 0 Å². The predicted octanol–water partition coefficient (Wildman–Crippen LogP) is 3.66. The second-order valence-electron chi connectivity index (χ2n) is 6.63. The highest BCUT2D eigenvalue weighted by Gasteiger charge is 2.31. The van der Waals surface area contributed by atoms with Gasteiger partial charge in [0.1, 0.15) is 0 Å². The van der Waals surface area contributed by atoms with Crippen LogP contribution in [0.3, 0.4) is 0 Å². The molecule has 2 aromatic rings. The first kappa shape index (κ1) is 17.4. The fraction of sp³-hybridized carbons (Fsp3) is 0.389. The monoisotopic (exact) mass is 391 g/mol. The van der Waals surface area contributed by atoms with Crippen LogP contribution in [0.1, 0.15) is 30.9 Å². The zero-order valence-electron chi connectivity index (χ0n) is 14.3. The molecule has 0 saturated carbocycles. The van der Waals surface area contributed by atoms with Crippen molar-refractivity contribution in [2.75, 3.05) is 28.5 Å². The molecule has 0 radical (unpaired) electrons. The molecule has 0 bridgehead atoms. The number of hydrogen-bond donors (Lipinski definition) is 1. The largest absolute Gasteiger partial charge is 0.322 e. The number of sulfonamides is 1. The number of hydrogen-bond acceptors (Lipinski definition) is 4. The van der Waals surface area contributed by atoms with Gasteiger partial charge in [0.25, 0.3) is 0 Å². The predicted molar refractivity (Wildman–Crippen MR) is 104 cm³/mol. The Kier molecular flexibility index (Phi) is 4.62. The van der Waals surface area contributed by atoms with E-state index >= 15 is 0 Å². The molecular formula is C18H21N3O3S2. The van der Waals surface area contributed by atoms with Gasteiger partial charge in [-0.15, -0.1) is 0 Å². The van der Waals surface area contributed by atoms with Gasteiger partial charge in [-0.2, -0.15) is 11.3 Å². The average molecular weight is 392 g/mol. The Morgan fingerprint density at radius 2 is 1.92 bits per heavy atom. The molecule has 1 aromatic carbocycles. The lowest BCUT2D eigenvalue weighted by Gasteiger charge is -2.24. The SMILES string of the molecule is O=C(Nc1ccc(N2CCCS2(=O)=O)cc1)N1CCCC1c1ccsc1. The quantitative estimate of drug-likeness (QED) is 0.868. The first-order chi connectivity index (χ1) is 12.5. The van der Waals surface area contributed by atoms with Crippen LogP contribution < -0.4 is 9.62 Å². The highest BCUT2D eigenvalue weighted by Crippen LogP contribution is 2.33. The molecule has 1 N–H and O–H groups in total. The molecule has 1 atom stereocenters. The average Bonchev–Trinajstić information content (AvgIpc) is 3.35. The summed E-state index contributed by atoms with van der Waals surface area (Å²) in [5, 5.41) is 7.07. The number of nitrogens with one attached hydrogen (secondary N) is 1. The summed E-state index contributed by atoms with van der Waals surface area (Å²) in [6.07, 6.45) is 2.63. The Labute approximate surface area is 157 Å². The number of benzene rings is 1. The minimum atomic E-state index is -3.18. The minimum Gasteiger partial charge on any atom is -0.317 e. The standard InChI is InChI=1S/C18H21N3O3S2/c22-18(20-9-1-3-17(20)14-8-11-25-13-14)19-15-4-6-16(7-5-15)21-10-2-12-26(21,23)24/h4-8,11,13,17H,1-3,9-10,12H2,(H,19,22). The number of thiophene rings is 1. The molecule has 0 aliphatic carbocycles. The second-order valence-corrected chi connectivity index (χ2v) is 9.42. The van der Waals surface area contributed by atoms with Gasteiger partial charge in [-0.3, -0.25) is 4.31 Å². The van der Waals surface area contributed by atoms with Crippen molar-refractivity contribution < 1.29 is 13.2 Å². The maximum atomic E-state index is 12.7. The van der Waals surface area contributed by atoms with E-state index in [4.69, 9.17) is 0 Å². The number of carbonyl (C=O) groups is 1. The second kappa shape index (κ2) is 6.92. The van der Waals surface area contributed by atoms with Gasteiger partial charge in [-0.05, 0) is 65.9 Å². The molecule has 26 heavy (non-hydrogen) atoms. The van der Waals surface area contributed by atoms with Crippen LogP contribution in [0, 0.1) is 0 Å². The van der Waals surface area contributed by atoms with Crippen LogP contribution in [0.4, 0.5) is 16.2 Å². The van der Waals surface area contributed by atoms with Crippen molar-refractivity contribution in [1.29, 1.82) is 0 Å². The first-order valence-electron chi connectivity index (χ1n) is 8.75. The molecule has 1 aromatic heterocycles. The van der Waals surface area contributed by atoms with E-state index in [9.17, 15) is 13.2 Å². The van der Waals surface area contributed by atoms with Crippen molar-refractivity contribution in [2.45, 2.75) is 25.3 Å². The maximum absolute atomic E-state index is 12.7. The molecule has 0 spiro atoms. The first-order valence-corrected chi connectivity index (χ1v) is 11.3. The fourth-order valence-corrected chi connectivity index (χ4v) is 5.93. The zero-order valence-corrected chi connectivity index (χ0v) is 15.9. The van der Waals surface area contributed by atoms with Gasteiger partial charge >= 0.3 is 6.03 Å². The summed E-state index contributed by atoms with van der Waals surface area (Å²) in [7, 11) is -3.18. The molecule has 2 aliphatic heterocycles. The van der Waals surface area contributed by atoms with Crippen LogP contribution in [0.25, 0.3) is 0 Å². The van der Waals surface area contributed by atoms with Crippen molar-refractivity contribution in [1.82, 2.24) is 4.90 Å². The van der Waals surface area contributed by atoms with Crippen LogP contribution in [0.15, 0.2) is 41.1 Å². The van der Waals surface area contributed by atoms with E-state index < -0.39 is 10.0 Å². The smallest absolute Gasteiger partial charge is 0.317 e. The van der Waals surface area contributed by atoms with Crippen LogP contribution in [0.2, 0.25) is 0 Å². The van der Waals surface area contributed by atoms with E-state index in [1.807, 2.05) is 10.3 Å². The third-order valence-corrected chi connectivity index (χ3v) is 7.52. The van der Waals surface area contributed by atoms with E-state index in [0.717, 1.165) is 19.4 Å². The highest BCUT2D eigenvalue weighted by atomic mass is 32.2. The highest BCUT2D eigenvalue weighted by molar-refractivity contribution is 7.93. The van der Waals surface area contributed by atoms with E-state index in [2.05, 4.69) is 16.8 Å².